The molecule has 24 heteroatoms. The largest absolute Gasteiger partial charge is 1.00 e. The molecule has 1 unspecified atom stereocenters. The number of ketones is 1. The molecule has 1 heterocycles. The maximum absolute atomic E-state index is 13.1. The minimum atomic E-state index is -5.26. The summed E-state index contributed by atoms with van der Waals surface area (Å²) in [5.41, 5.74) is -2.54. The second-order valence-electron chi connectivity index (χ2n) is 9.37. The Kier molecular flexibility index (Phi) is 16.4. The molecular formula is C25H23N5Na2O15S2. The van der Waals surface area contributed by atoms with E-state index in [0.717, 1.165) is 32.2 Å². The SMILES string of the molecule is COOCc1cc(N=NC(C(C)=O)C(=O)Nc2ccc3c(c2)n(C(=O)CS(=O)(=O)[O-])c(=O)n3C(=O)CS(=O)(=O)[O-])cc(C(=O)OC)c1.[Na+].[Na+]. The van der Waals surface area contributed by atoms with Crippen LogP contribution in [0.2, 0.25) is 0 Å². The number of methoxy groups -OCH3 is 1. The van der Waals surface area contributed by atoms with Crippen LogP contribution in [0.3, 0.4) is 0 Å². The van der Waals surface area contributed by atoms with Crippen LogP contribution in [0.15, 0.2) is 51.4 Å². The topological polar surface area (TPSA) is 291 Å². The van der Waals surface area contributed by atoms with Crippen molar-refractivity contribution < 1.29 is 124 Å². The van der Waals surface area contributed by atoms with Crippen molar-refractivity contribution in [2.24, 2.45) is 10.2 Å². The first-order chi connectivity index (χ1) is 21.8. The Balaban J connectivity index is 0.00000600. The van der Waals surface area contributed by atoms with Crippen LogP contribution in [0.25, 0.3) is 11.0 Å². The van der Waals surface area contributed by atoms with Crippen LogP contribution in [-0.4, -0.2) is 96.3 Å². The van der Waals surface area contributed by atoms with Gasteiger partial charge in [0.05, 0.1) is 36.5 Å². The Morgan fingerprint density at radius 3 is 1.96 bits per heavy atom. The third-order valence-electron chi connectivity index (χ3n) is 5.87. The van der Waals surface area contributed by atoms with Crippen molar-refractivity contribution in [3.63, 3.8) is 0 Å². The molecule has 0 aliphatic rings. The first kappa shape index (κ1) is 44.0. The number of ether oxygens (including phenoxy) is 1. The van der Waals surface area contributed by atoms with Gasteiger partial charge in [-0.05, 0) is 48.9 Å². The zero-order valence-electron chi connectivity index (χ0n) is 26.4. The van der Waals surface area contributed by atoms with E-state index in [1.807, 2.05) is 0 Å². The number of rotatable bonds is 13. The minimum Gasteiger partial charge on any atom is -0.748 e. The molecule has 20 nitrogen and oxygen atoms in total. The Morgan fingerprint density at radius 1 is 0.878 bits per heavy atom. The van der Waals surface area contributed by atoms with Gasteiger partial charge in [0, 0.05) is 5.69 Å². The first-order valence-electron chi connectivity index (χ1n) is 12.7. The number of fused-ring (bicyclic) bond motifs is 1. The number of anilines is 1. The molecule has 1 amide bonds. The number of nitrogens with zero attached hydrogens (tertiary/aromatic N) is 4. The molecule has 1 atom stereocenters. The van der Waals surface area contributed by atoms with Crippen LogP contribution in [0.1, 0.15) is 32.4 Å². The molecule has 1 N–H and O–H groups in total. The van der Waals surface area contributed by atoms with Gasteiger partial charge in [-0.3, -0.25) is 19.2 Å². The molecule has 0 saturated carbocycles. The van der Waals surface area contributed by atoms with Crippen LogP contribution in [0.5, 0.6) is 0 Å². The fourth-order valence-corrected chi connectivity index (χ4v) is 4.88. The fraction of sp³-hybridized carbons (Fsp3) is 0.280. The maximum Gasteiger partial charge on any atom is 1.00 e. The van der Waals surface area contributed by atoms with Gasteiger partial charge in [-0.2, -0.15) is 10.2 Å². The second kappa shape index (κ2) is 18.3. The number of amides is 1. The van der Waals surface area contributed by atoms with E-state index < -0.39 is 84.0 Å². The number of aromatic nitrogens is 2. The normalized spacial score (nSPS) is 12.1. The average Bonchev–Trinajstić information content (AvgIpc) is 3.24. The van der Waals surface area contributed by atoms with Crippen molar-refractivity contribution in [1.82, 2.24) is 9.13 Å². The summed E-state index contributed by atoms with van der Waals surface area (Å²) in [6, 6.07) is 5.10. The van der Waals surface area contributed by atoms with Gasteiger partial charge in [-0.15, -0.1) is 0 Å². The molecule has 0 fully saturated rings. The molecular weight excluding hydrogens is 720 g/mol. The summed E-state index contributed by atoms with van der Waals surface area (Å²) < 4.78 is 71.9. The number of imidazole rings is 1. The molecule has 0 aliphatic carbocycles. The molecule has 3 rings (SSSR count). The van der Waals surface area contributed by atoms with Gasteiger partial charge >= 0.3 is 70.8 Å². The Hall–Kier alpha value is -3.00. The fourth-order valence-electron chi connectivity index (χ4n) is 4.02. The number of benzene rings is 2. The number of hydrogen-bond acceptors (Lipinski definition) is 17. The van der Waals surface area contributed by atoms with Crippen molar-refractivity contribution in [2.45, 2.75) is 19.6 Å². The summed E-state index contributed by atoms with van der Waals surface area (Å²) in [5.74, 6) is -9.38. The third-order valence-corrected chi connectivity index (χ3v) is 7.07. The van der Waals surface area contributed by atoms with E-state index in [9.17, 15) is 54.7 Å². The Bertz CT molecular complexity index is 2090. The molecule has 0 bridgehead atoms. The van der Waals surface area contributed by atoms with Gasteiger partial charge in [0.1, 0.15) is 38.3 Å². The van der Waals surface area contributed by atoms with Crippen LogP contribution in [-0.2, 0) is 50.9 Å². The van der Waals surface area contributed by atoms with Gasteiger partial charge in [0.2, 0.25) is 17.9 Å². The molecule has 2 aromatic carbocycles. The van der Waals surface area contributed by atoms with E-state index >= 15 is 0 Å². The van der Waals surface area contributed by atoms with Crippen LogP contribution in [0, 0.1) is 0 Å². The smallest absolute Gasteiger partial charge is 0.748 e. The quantitative estimate of drug-likeness (QED) is 0.0324. The number of carbonyl (C=O) groups is 5. The molecule has 3 aromatic rings. The zero-order chi connectivity index (χ0) is 35.3. The maximum atomic E-state index is 13.1. The summed E-state index contributed by atoms with van der Waals surface area (Å²) in [5, 5.41) is 9.89. The van der Waals surface area contributed by atoms with Gasteiger partial charge in [0.15, 0.2) is 5.78 Å². The van der Waals surface area contributed by atoms with Crippen LogP contribution >= 0.6 is 0 Å². The predicted molar refractivity (Wildman–Crippen MR) is 154 cm³/mol. The molecule has 1 aromatic heterocycles. The van der Waals surface area contributed by atoms with Crippen LogP contribution in [0.4, 0.5) is 11.4 Å². The number of hydrogen-bond donors (Lipinski definition) is 1. The van der Waals surface area contributed by atoms with E-state index in [4.69, 9.17) is 4.89 Å². The number of azo groups is 1. The van der Waals surface area contributed by atoms with Gasteiger partial charge in [-0.1, -0.05) is 0 Å². The summed E-state index contributed by atoms with van der Waals surface area (Å²) in [4.78, 5) is 84.9. The van der Waals surface area contributed by atoms with Gasteiger partial charge in [0.25, 0.3) is 5.91 Å². The van der Waals surface area contributed by atoms with E-state index in [0.29, 0.717) is 5.56 Å². The molecule has 0 aliphatic heterocycles. The first-order valence-corrected chi connectivity index (χ1v) is 15.8. The number of esters is 1. The van der Waals surface area contributed by atoms with Gasteiger partial charge < -0.3 is 19.2 Å². The Morgan fingerprint density at radius 2 is 1.45 bits per heavy atom. The average molecular weight is 744 g/mol. The van der Waals surface area contributed by atoms with E-state index in [-0.39, 0.29) is 91.8 Å². The molecule has 0 radical (unpaired) electrons. The molecule has 252 valence electrons. The van der Waals surface area contributed by atoms with Crippen molar-refractivity contribution in [2.75, 3.05) is 31.0 Å². The van der Waals surface area contributed by atoms with E-state index in [2.05, 4.69) is 25.2 Å². The number of carbonyl (C=O) groups excluding carboxylic acids is 5. The third kappa shape index (κ3) is 12.1. The standard InChI is InChI=1S/C25H25N5O15S2.2Na/c1-13(31)22(28-27-17-7-14(10-45-44-3)6-15(8-17)24(35)43-2)23(34)26-16-4-5-18-19(9-16)30(21(33)12-47(40,41)42)25(36)29(18)20(32)11-46(37,38)39;;/h4-9,22H,10-12H2,1-3H3,(H,26,34)(H,37,38,39)(H,40,41,42);;/q;2*+1/p-2. The monoisotopic (exact) mass is 743 g/mol. The van der Waals surface area contributed by atoms with Crippen molar-refractivity contribution in [3.8, 4) is 0 Å². The molecule has 0 spiro atoms. The van der Waals surface area contributed by atoms with Crippen LogP contribution < -0.4 is 70.1 Å². The number of nitrogens with one attached hydrogen (secondary N) is 1. The predicted octanol–water partition coefficient (Wildman–Crippen LogP) is -6.27. The summed E-state index contributed by atoms with van der Waals surface area (Å²) in [6.07, 6.45) is 0. The van der Waals surface area contributed by atoms with E-state index in [1.54, 1.807) is 0 Å². The summed E-state index contributed by atoms with van der Waals surface area (Å²) >= 11 is 0. The van der Waals surface area contributed by atoms with Crippen molar-refractivity contribution in [1.29, 1.82) is 0 Å². The minimum absolute atomic E-state index is 0. The second-order valence-corrected chi connectivity index (χ2v) is 12.2. The zero-order valence-corrected chi connectivity index (χ0v) is 32.0. The van der Waals surface area contributed by atoms with Crippen molar-refractivity contribution >= 4 is 72.1 Å². The Labute approximate surface area is 321 Å². The van der Waals surface area contributed by atoms with E-state index in [1.165, 1.54) is 25.3 Å². The number of Topliss-reactive ketones (excluding diaryl/α,β-unsaturated/α-hetero) is 1. The van der Waals surface area contributed by atoms with Crippen molar-refractivity contribution in [3.05, 3.63) is 58.0 Å². The summed E-state index contributed by atoms with van der Waals surface area (Å²) in [7, 11) is -8.09. The summed E-state index contributed by atoms with van der Waals surface area (Å²) in [6.45, 7) is 0.877. The van der Waals surface area contributed by atoms with Gasteiger partial charge in [-0.25, -0.2) is 45.3 Å². The molecule has 0 saturated heterocycles. The molecule has 49 heavy (non-hydrogen) atoms.